The number of aryl methyl sites for hydroxylation is 2. The molecule has 2 rings (SSSR count). The molecule has 0 unspecified atom stereocenters. The molecule has 1 aromatic heterocycles. The molecule has 116 valence electrons. The van der Waals surface area contributed by atoms with Crippen LogP contribution in [0.5, 0.6) is 5.75 Å². The topological polar surface area (TPSA) is 63.8 Å². The van der Waals surface area contributed by atoms with Crippen LogP contribution in [-0.4, -0.2) is 18.7 Å². The molecule has 1 amide bonds. The second-order valence-electron chi connectivity index (χ2n) is 4.62. The summed E-state index contributed by atoms with van der Waals surface area (Å²) in [6.07, 6.45) is 1.44. The Morgan fingerprint density at radius 3 is 2.86 bits per heavy atom. The van der Waals surface area contributed by atoms with Crippen LogP contribution in [0.1, 0.15) is 16.9 Å². The van der Waals surface area contributed by atoms with Crippen molar-refractivity contribution in [1.29, 1.82) is 0 Å². The number of amides is 1. The fourth-order valence-electron chi connectivity index (χ4n) is 1.82. The van der Waals surface area contributed by atoms with Crippen LogP contribution in [0.15, 0.2) is 38.3 Å². The van der Waals surface area contributed by atoms with E-state index in [-0.39, 0.29) is 12.5 Å². The smallest absolute Gasteiger partial charge is 0.277 e. The molecule has 0 aliphatic heterocycles. The monoisotopic (exact) mass is 476 g/mol. The molecule has 0 saturated carbocycles. The highest BCUT2D eigenvalue weighted by Gasteiger charge is 2.08. The van der Waals surface area contributed by atoms with Gasteiger partial charge in [0.05, 0.1) is 10.7 Å². The summed E-state index contributed by atoms with van der Waals surface area (Å²) in [5.74, 6) is 0.887. The van der Waals surface area contributed by atoms with Crippen LogP contribution in [0.3, 0.4) is 0 Å². The molecule has 22 heavy (non-hydrogen) atoms. The molecule has 0 atom stereocenters. The molecule has 0 saturated heterocycles. The summed E-state index contributed by atoms with van der Waals surface area (Å²) in [4.78, 5) is 11.7. The van der Waals surface area contributed by atoms with Gasteiger partial charge in [0.15, 0.2) is 10.4 Å². The molecule has 0 aliphatic carbocycles. The maximum atomic E-state index is 11.7. The number of rotatable bonds is 5. The second-order valence-corrected chi connectivity index (χ2v) is 6.53. The SMILES string of the molecule is Cc1cc(C)c(OCC(=O)N/N=C/c2ccc(I)o2)c(Br)c1. The van der Waals surface area contributed by atoms with E-state index >= 15 is 0 Å². The lowest BCUT2D eigenvalue weighted by molar-refractivity contribution is -0.123. The van der Waals surface area contributed by atoms with Crippen LogP contribution in [0.25, 0.3) is 0 Å². The summed E-state index contributed by atoms with van der Waals surface area (Å²) in [5.41, 5.74) is 4.48. The van der Waals surface area contributed by atoms with E-state index < -0.39 is 0 Å². The minimum atomic E-state index is -0.343. The Bertz CT molecular complexity index is 690. The summed E-state index contributed by atoms with van der Waals surface area (Å²) in [7, 11) is 0. The van der Waals surface area contributed by atoms with Gasteiger partial charge in [-0.2, -0.15) is 5.10 Å². The molecule has 1 heterocycles. The van der Waals surface area contributed by atoms with Gasteiger partial charge in [0.2, 0.25) is 0 Å². The zero-order valence-electron chi connectivity index (χ0n) is 12.0. The molecule has 1 aromatic carbocycles. The van der Waals surface area contributed by atoms with Gasteiger partial charge >= 0.3 is 0 Å². The highest BCUT2D eigenvalue weighted by Crippen LogP contribution is 2.30. The second kappa shape index (κ2) is 7.77. The van der Waals surface area contributed by atoms with Crippen molar-refractivity contribution >= 4 is 50.6 Å². The lowest BCUT2D eigenvalue weighted by atomic mass is 10.1. The van der Waals surface area contributed by atoms with Gasteiger partial charge in [0, 0.05) is 0 Å². The van der Waals surface area contributed by atoms with Gasteiger partial charge in [0.1, 0.15) is 11.5 Å². The predicted octanol–water partition coefficient (Wildman–Crippen LogP) is 3.79. The van der Waals surface area contributed by atoms with Crippen LogP contribution in [0, 0.1) is 17.6 Å². The Hall–Kier alpha value is -1.35. The predicted molar refractivity (Wildman–Crippen MR) is 96.3 cm³/mol. The van der Waals surface area contributed by atoms with Crippen LogP contribution in [0.2, 0.25) is 0 Å². The van der Waals surface area contributed by atoms with Gasteiger partial charge in [-0.25, -0.2) is 5.43 Å². The number of benzene rings is 1. The molecule has 7 heteroatoms. The quantitative estimate of drug-likeness (QED) is 0.405. The van der Waals surface area contributed by atoms with Crippen molar-refractivity contribution in [2.45, 2.75) is 13.8 Å². The van der Waals surface area contributed by atoms with E-state index in [2.05, 4.69) is 49.0 Å². The summed E-state index contributed by atoms with van der Waals surface area (Å²) in [5, 5.41) is 3.81. The molecule has 0 fully saturated rings. The van der Waals surface area contributed by atoms with Gasteiger partial charge in [-0.05, 0) is 81.7 Å². The lowest BCUT2D eigenvalue weighted by Crippen LogP contribution is -2.24. The molecule has 1 N–H and O–H groups in total. The minimum Gasteiger partial charge on any atom is -0.482 e. The number of hydrogen-bond donors (Lipinski definition) is 1. The van der Waals surface area contributed by atoms with Crippen molar-refractivity contribution in [2.75, 3.05) is 6.61 Å². The van der Waals surface area contributed by atoms with Crippen molar-refractivity contribution in [3.05, 3.63) is 49.4 Å². The maximum absolute atomic E-state index is 11.7. The fourth-order valence-corrected chi connectivity index (χ4v) is 3.04. The van der Waals surface area contributed by atoms with Gasteiger partial charge in [-0.3, -0.25) is 4.79 Å². The fraction of sp³-hybridized carbons (Fsp3) is 0.200. The number of carbonyl (C=O) groups is 1. The highest BCUT2D eigenvalue weighted by atomic mass is 127. The molecular weight excluding hydrogens is 463 g/mol. The Balaban J connectivity index is 1.87. The van der Waals surface area contributed by atoms with Crippen LogP contribution < -0.4 is 10.2 Å². The van der Waals surface area contributed by atoms with E-state index in [0.29, 0.717) is 11.5 Å². The summed E-state index contributed by atoms with van der Waals surface area (Å²) in [6.45, 7) is 3.82. The van der Waals surface area contributed by atoms with Crippen molar-refractivity contribution in [1.82, 2.24) is 5.43 Å². The van der Waals surface area contributed by atoms with Gasteiger partial charge in [-0.15, -0.1) is 0 Å². The zero-order valence-corrected chi connectivity index (χ0v) is 15.8. The summed E-state index contributed by atoms with van der Waals surface area (Å²) in [6, 6.07) is 7.51. The van der Waals surface area contributed by atoms with Gasteiger partial charge in [0.25, 0.3) is 5.91 Å². The van der Waals surface area contributed by atoms with Gasteiger partial charge in [-0.1, -0.05) is 6.07 Å². The molecule has 2 aromatic rings. The van der Waals surface area contributed by atoms with Gasteiger partial charge < -0.3 is 9.15 Å². The van der Waals surface area contributed by atoms with Crippen LogP contribution in [0.4, 0.5) is 0 Å². The number of nitrogens with one attached hydrogen (secondary N) is 1. The summed E-state index contributed by atoms with van der Waals surface area (Å²) < 4.78 is 12.4. The highest BCUT2D eigenvalue weighted by molar-refractivity contribution is 14.1. The number of ether oxygens (including phenoxy) is 1. The first-order valence-corrected chi connectivity index (χ1v) is 8.29. The van der Waals surface area contributed by atoms with Crippen molar-refractivity contribution in [3.8, 4) is 5.75 Å². The number of halogens is 2. The molecule has 0 aliphatic rings. The number of carbonyl (C=O) groups excluding carboxylic acids is 1. The normalized spacial score (nSPS) is 10.9. The van der Waals surface area contributed by atoms with E-state index in [1.165, 1.54) is 6.21 Å². The first-order valence-electron chi connectivity index (χ1n) is 6.42. The minimum absolute atomic E-state index is 0.116. The van der Waals surface area contributed by atoms with Crippen molar-refractivity contribution < 1.29 is 13.9 Å². The van der Waals surface area contributed by atoms with E-state index in [1.54, 1.807) is 6.07 Å². The molecule has 0 spiro atoms. The Kier molecular flexibility index (Phi) is 6.01. The van der Waals surface area contributed by atoms with Crippen molar-refractivity contribution in [3.63, 3.8) is 0 Å². The van der Waals surface area contributed by atoms with Crippen LogP contribution >= 0.6 is 38.5 Å². The third-order valence-electron chi connectivity index (χ3n) is 2.70. The third-order valence-corrected chi connectivity index (χ3v) is 3.87. The molecule has 0 bridgehead atoms. The first-order chi connectivity index (χ1) is 10.5. The summed E-state index contributed by atoms with van der Waals surface area (Å²) >= 11 is 5.49. The maximum Gasteiger partial charge on any atom is 0.277 e. The Morgan fingerprint density at radius 1 is 1.45 bits per heavy atom. The Labute approximate surface area is 150 Å². The number of furan rings is 1. The average Bonchev–Trinajstić information content (AvgIpc) is 2.83. The largest absolute Gasteiger partial charge is 0.482 e. The molecule has 5 nitrogen and oxygen atoms in total. The molecule has 0 radical (unpaired) electrons. The standard InChI is InChI=1S/C15H14BrIN2O3/c1-9-5-10(2)15(12(16)6-9)21-8-14(20)19-18-7-11-3-4-13(17)22-11/h3-7H,8H2,1-2H3,(H,19,20)/b18-7+. The van der Waals surface area contributed by atoms with E-state index in [9.17, 15) is 4.79 Å². The van der Waals surface area contributed by atoms with E-state index in [1.807, 2.05) is 32.0 Å². The number of hydrogen-bond acceptors (Lipinski definition) is 4. The van der Waals surface area contributed by atoms with E-state index in [4.69, 9.17) is 9.15 Å². The molecular formula is C15H14BrIN2O3. The number of hydrazone groups is 1. The third kappa shape index (κ3) is 4.84. The zero-order chi connectivity index (χ0) is 16.1. The van der Waals surface area contributed by atoms with Crippen LogP contribution in [-0.2, 0) is 4.79 Å². The Morgan fingerprint density at radius 2 is 2.23 bits per heavy atom. The van der Waals surface area contributed by atoms with Crippen molar-refractivity contribution in [2.24, 2.45) is 5.10 Å². The number of nitrogens with zero attached hydrogens (tertiary/aromatic N) is 1. The first kappa shape index (κ1) is 17.0. The average molecular weight is 477 g/mol. The lowest BCUT2D eigenvalue weighted by Gasteiger charge is -2.11. The van der Waals surface area contributed by atoms with E-state index in [0.717, 1.165) is 19.4 Å².